The van der Waals surface area contributed by atoms with Crippen LogP contribution in [0.2, 0.25) is 0 Å². The minimum Gasteiger partial charge on any atom is -0.335 e. The molecule has 4 aromatic heterocycles. The van der Waals surface area contributed by atoms with Crippen molar-refractivity contribution in [2.45, 2.75) is 6.92 Å². The van der Waals surface area contributed by atoms with Crippen LogP contribution < -0.4 is 0 Å². The lowest BCUT2D eigenvalue weighted by Crippen LogP contribution is -1.85. The average molecular weight is 402 g/mol. The number of imidazole rings is 1. The molecule has 31 heavy (non-hydrogen) atoms. The molecule has 0 radical (unpaired) electrons. The number of H-pyrrole nitrogens is 2. The summed E-state index contributed by atoms with van der Waals surface area (Å²) >= 11 is 0. The Bertz CT molecular complexity index is 1550. The molecule has 0 bridgehead atoms. The van der Waals surface area contributed by atoms with Crippen molar-refractivity contribution in [1.29, 1.82) is 0 Å². The Kier molecular flexibility index (Phi) is 3.89. The Labute approximate surface area is 178 Å². The van der Waals surface area contributed by atoms with Crippen molar-refractivity contribution < 1.29 is 0 Å². The Morgan fingerprint density at radius 1 is 0.806 bits per heavy atom. The SMILES string of the molecule is Cc1cccc(-c2ccc3[nH]nc(-c4nc5nccc(-c6ccccn6)c5[nH]4)c3c2)c1. The molecule has 6 heteroatoms. The lowest BCUT2D eigenvalue weighted by molar-refractivity contribution is 1.10. The minimum absolute atomic E-state index is 0.643. The van der Waals surface area contributed by atoms with E-state index >= 15 is 0 Å². The number of hydrogen-bond acceptors (Lipinski definition) is 4. The third-order valence-corrected chi connectivity index (χ3v) is 5.47. The van der Waals surface area contributed by atoms with E-state index < -0.39 is 0 Å². The summed E-state index contributed by atoms with van der Waals surface area (Å²) in [6.45, 7) is 2.10. The zero-order valence-corrected chi connectivity index (χ0v) is 16.8. The van der Waals surface area contributed by atoms with Gasteiger partial charge in [-0.2, -0.15) is 5.10 Å². The number of aromatic nitrogens is 6. The van der Waals surface area contributed by atoms with E-state index in [0.717, 1.165) is 38.9 Å². The van der Waals surface area contributed by atoms with Crippen LogP contribution in [0.1, 0.15) is 5.56 Å². The first-order valence-electron chi connectivity index (χ1n) is 10.1. The quantitative estimate of drug-likeness (QED) is 0.407. The molecule has 0 aliphatic carbocycles. The molecule has 0 fully saturated rings. The normalized spacial score (nSPS) is 11.4. The summed E-state index contributed by atoms with van der Waals surface area (Å²) in [7, 11) is 0. The molecule has 0 aliphatic heterocycles. The fraction of sp³-hybridized carbons (Fsp3) is 0.0400. The molecule has 0 aliphatic rings. The molecule has 6 rings (SSSR count). The number of aryl methyl sites for hydroxylation is 1. The highest BCUT2D eigenvalue weighted by molar-refractivity contribution is 5.97. The maximum atomic E-state index is 4.73. The van der Waals surface area contributed by atoms with Gasteiger partial charge in [0.1, 0.15) is 5.69 Å². The average Bonchev–Trinajstić information content (AvgIpc) is 3.43. The summed E-state index contributed by atoms with van der Waals surface area (Å²) in [5, 5.41) is 8.69. The highest BCUT2D eigenvalue weighted by atomic mass is 15.1. The van der Waals surface area contributed by atoms with Crippen molar-refractivity contribution in [1.82, 2.24) is 30.1 Å². The second kappa shape index (κ2) is 6.88. The fourth-order valence-electron chi connectivity index (χ4n) is 3.96. The summed E-state index contributed by atoms with van der Waals surface area (Å²) in [5.74, 6) is 0.679. The van der Waals surface area contributed by atoms with Gasteiger partial charge >= 0.3 is 0 Å². The van der Waals surface area contributed by atoms with Crippen molar-refractivity contribution in [3.05, 3.63) is 84.7 Å². The number of rotatable bonds is 3. The molecule has 2 aromatic carbocycles. The molecule has 0 unspecified atom stereocenters. The van der Waals surface area contributed by atoms with Gasteiger partial charge in [0.05, 0.1) is 16.7 Å². The van der Waals surface area contributed by atoms with Crippen molar-refractivity contribution in [2.24, 2.45) is 0 Å². The van der Waals surface area contributed by atoms with Crippen molar-refractivity contribution >= 4 is 22.1 Å². The number of fused-ring (bicyclic) bond motifs is 2. The van der Waals surface area contributed by atoms with Gasteiger partial charge in [0.15, 0.2) is 11.5 Å². The number of aromatic amines is 2. The Hall–Kier alpha value is -4.32. The molecular formula is C25H18N6. The van der Waals surface area contributed by atoms with Gasteiger partial charge in [0.25, 0.3) is 0 Å². The molecule has 0 saturated heterocycles. The van der Waals surface area contributed by atoms with Gasteiger partial charge in [-0.15, -0.1) is 0 Å². The highest BCUT2D eigenvalue weighted by Gasteiger charge is 2.16. The van der Waals surface area contributed by atoms with Crippen LogP contribution in [-0.2, 0) is 0 Å². The lowest BCUT2D eigenvalue weighted by Gasteiger charge is -2.03. The van der Waals surface area contributed by atoms with Crippen molar-refractivity contribution in [2.75, 3.05) is 0 Å². The second-order valence-corrected chi connectivity index (χ2v) is 7.56. The molecule has 6 nitrogen and oxygen atoms in total. The highest BCUT2D eigenvalue weighted by Crippen LogP contribution is 2.32. The Morgan fingerprint density at radius 3 is 2.61 bits per heavy atom. The van der Waals surface area contributed by atoms with E-state index in [1.54, 1.807) is 12.4 Å². The maximum Gasteiger partial charge on any atom is 0.178 e. The van der Waals surface area contributed by atoms with Crippen molar-refractivity contribution in [3.8, 4) is 33.9 Å². The van der Waals surface area contributed by atoms with E-state index in [1.165, 1.54) is 11.1 Å². The molecule has 6 aromatic rings. The predicted octanol–water partition coefficient (Wildman–Crippen LogP) is 5.54. The van der Waals surface area contributed by atoms with E-state index in [-0.39, 0.29) is 0 Å². The molecular weight excluding hydrogens is 384 g/mol. The van der Waals surface area contributed by atoms with Gasteiger partial charge in [0.2, 0.25) is 0 Å². The number of benzene rings is 2. The van der Waals surface area contributed by atoms with Crippen LogP contribution in [-0.4, -0.2) is 30.1 Å². The smallest absolute Gasteiger partial charge is 0.178 e. The summed E-state index contributed by atoms with van der Waals surface area (Å²) in [6, 6.07) is 22.6. The van der Waals surface area contributed by atoms with Crippen LogP contribution in [0.3, 0.4) is 0 Å². The van der Waals surface area contributed by atoms with E-state index in [0.29, 0.717) is 11.5 Å². The van der Waals surface area contributed by atoms with Gasteiger partial charge in [-0.3, -0.25) is 10.1 Å². The first-order chi connectivity index (χ1) is 15.3. The molecule has 0 spiro atoms. The molecule has 0 atom stereocenters. The van der Waals surface area contributed by atoms with E-state index in [9.17, 15) is 0 Å². The van der Waals surface area contributed by atoms with E-state index in [1.807, 2.05) is 24.3 Å². The maximum absolute atomic E-state index is 4.73. The minimum atomic E-state index is 0.643. The van der Waals surface area contributed by atoms with Crippen LogP contribution in [0, 0.1) is 6.92 Å². The van der Waals surface area contributed by atoms with Gasteiger partial charge in [-0.25, -0.2) is 9.97 Å². The predicted molar refractivity (Wildman–Crippen MR) is 122 cm³/mol. The topological polar surface area (TPSA) is 83.1 Å². The van der Waals surface area contributed by atoms with E-state index in [4.69, 9.17) is 4.98 Å². The standard InChI is InChI=1S/C25H18N6/c1-15-5-4-6-16(13-15)17-8-9-21-19(14-17)23(31-30-21)25-28-22-18(10-12-27-24(22)29-25)20-7-2-3-11-26-20/h2-14H,1H3,(H,30,31)(H,27,28,29). The summed E-state index contributed by atoms with van der Waals surface area (Å²) in [4.78, 5) is 17.1. The van der Waals surface area contributed by atoms with Crippen LogP contribution in [0.15, 0.2) is 79.1 Å². The fourth-order valence-corrected chi connectivity index (χ4v) is 3.96. The summed E-state index contributed by atoms with van der Waals surface area (Å²) < 4.78 is 0. The third kappa shape index (κ3) is 2.97. The van der Waals surface area contributed by atoms with Gasteiger partial charge < -0.3 is 4.98 Å². The van der Waals surface area contributed by atoms with Crippen LogP contribution in [0.5, 0.6) is 0 Å². The van der Waals surface area contributed by atoms with Crippen LogP contribution >= 0.6 is 0 Å². The third-order valence-electron chi connectivity index (χ3n) is 5.47. The first kappa shape index (κ1) is 17.5. The van der Waals surface area contributed by atoms with Crippen LogP contribution in [0.25, 0.3) is 56.0 Å². The molecule has 0 amide bonds. The zero-order valence-electron chi connectivity index (χ0n) is 16.8. The number of hydrogen-bond donors (Lipinski definition) is 2. The lowest BCUT2D eigenvalue weighted by atomic mass is 10.0. The van der Waals surface area contributed by atoms with Crippen molar-refractivity contribution in [3.63, 3.8) is 0 Å². The molecule has 4 heterocycles. The number of nitrogens with one attached hydrogen (secondary N) is 2. The number of pyridine rings is 2. The number of nitrogens with zero attached hydrogens (tertiary/aromatic N) is 4. The van der Waals surface area contributed by atoms with Crippen LogP contribution in [0.4, 0.5) is 0 Å². The summed E-state index contributed by atoms with van der Waals surface area (Å²) in [5.41, 5.74) is 8.62. The Balaban J connectivity index is 1.51. The van der Waals surface area contributed by atoms with Gasteiger partial charge in [0, 0.05) is 23.3 Å². The molecule has 2 N–H and O–H groups in total. The summed E-state index contributed by atoms with van der Waals surface area (Å²) in [6.07, 6.45) is 3.54. The first-order valence-corrected chi connectivity index (χ1v) is 10.1. The Morgan fingerprint density at radius 2 is 1.74 bits per heavy atom. The largest absolute Gasteiger partial charge is 0.335 e. The van der Waals surface area contributed by atoms with E-state index in [2.05, 4.69) is 74.5 Å². The molecule has 0 saturated carbocycles. The monoisotopic (exact) mass is 402 g/mol. The second-order valence-electron chi connectivity index (χ2n) is 7.56. The van der Waals surface area contributed by atoms with Gasteiger partial charge in [-0.05, 0) is 48.4 Å². The molecule has 148 valence electrons. The zero-order chi connectivity index (χ0) is 20.8. The van der Waals surface area contributed by atoms with Gasteiger partial charge in [-0.1, -0.05) is 42.0 Å².